The van der Waals surface area contributed by atoms with E-state index in [1.807, 2.05) is 6.92 Å². The maximum atomic E-state index is 12.6. The van der Waals surface area contributed by atoms with Gasteiger partial charge in [-0.3, -0.25) is 4.68 Å². The number of anilines is 1. The van der Waals surface area contributed by atoms with E-state index in [-0.39, 0.29) is 16.6 Å². The van der Waals surface area contributed by atoms with Gasteiger partial charge in [0, 0.05) is 29.8 Å². The van der Waals surface area contributed by atoms with Gasteiger partial charge in [0.1, 0.15) is 5.82 Å². The molecule has 0 aliphatic carbocycles. The van der Waals surface area contributed by atoms with Crippen LogP contribution >= 0.6 is 11.3 Å². The van der Waals surface area contributed by atoms with E-state index in [2.05, 4.69) is 20.1 Å². The average molecular weight is 340 g/mol. The highest BCUT2D eigenvalue weighted by molar-refractivity contribution is 7.13. The van der Waals surface area contributed by atoms with Crippen LogP contribution in [-0.4, -0.2) is 24.7 Å². The first-order valence-electron chi connectivity index (χ1n) is 6.57. The summed E-state index contributed by atoms with van der Waals surface area (Å²) in [6.07, 6.45) is -1.12. The highest BCUT2D eigenvalue weighted by Gasteiger charge is 2.34. The first-order valence-corrected chi connectivity index (χ1v) is 7.45. The second-order valence-corrected chi connectivity index (χ2v) is 5.48. The van der Waals surface area contributed by atoms with Gasteiger partial charge in [-0.25, -0.2) is 15.0 Å². The Labute approximate surface area is 132 Å². The van der Waals surface area contributed by atoms with E-state index in [4.69, 9.17) is 5.73 Å². The zero-order chi connectivity index (χ0) is 16.6. The molecule has 0 bridgehead atoms. The Bertz CT molecular complexity index is 838. The number of hydrogen-bond acceptors (Lipinski definition) is 6. The highest BCUT2D eigenvalue weighted by Crippen LogP contribution is 2.33. The van der Waals surface area contributed by atoms with E-state index in [1.165, 1.54) is 0 Å². The number of aromatic nitrogens is 5. The Balaban J connectivity index is 2.02. The van der Waals surface area contributed by atoms with Gasteiger partial charge in [0.25, 0.3) is 0 Å². The largest absolute Gasteiger partial charge is 0.434 e. The summed E-state index contributed by atoms with van der Waals surface area (Å²) in [7, 11) is 0. The third-order valence-electron chi connectivity index (χ3n) is 2.98. The van der Waals surface area contributed by atoms with E-state index in [9.17, 15) is 13.2 Å². The van der Waals surface area contributed by atoms with Crippen LogP contribution in [0.15, 0.2) is 23.8 Å². The van der Waals surface area contributed by atoms with Crippen molar-refractivity contribution in [2.45, 2.75) is 19.6 Å². The molecule has 23 heavy (non-hydrogen) atoms. The molecule has 0 aliphatic rings. The van der Waals surface area contributed by atoms with Gasteiger partial charge in [-0.2, -0.15) is 18.3 Å². The van der Waals surface area contributed by atoms with Crippen molar-refractivity contribution >= 4 is 17.2 Å². The molecule has 3 aromatic heterocycles. The predicted molar refractivity (Wildman–Crippen MR) is 79.4 cm³/mol. The number of nitrogens with two attached hydrogens (primary N) is 1. The van der Waals surface area contributed by atoms with Crippen LogP contribution in [0.25, 0.3) is 22.1 Å². The molecule has 0 fully saturated rings. The highest BCUT2D eigenvalue weighted by atomic mass is 32.1. The first kappa shape index (κ1) is 15.4. The molecule has 2 N–H and O–H groups in total. The third kappa shape index (κ3) is 3.16. The van der Waals surface area contributed by atoms with Gasteiger partial charge in [0.05, 0.1) is 11.9 Å². The summed E-state index contributed by atoms with van der Waals surface area (Å²) in [6.45, 7) is 2.62. The molecule has 10 heteroatoms. The number of hydrogen-bond donors (Lipinski definition) is 1. The van der Waals surface area contributed by atoms with Crippen molar-refractivity contribution in [2.24, 2.45) is 0 Å². The van der Waals surface area contributed by atoms with Crippen LogP contribution in [0, 0.1) is 0 Å². The molecule has 0 unspecified atom stereocenters. The number of rotatable bonds is 3. The summed E-state index contributed by atoms with van der Waals surface area (Å²) in [6, 6.07) is 1.54. The van der Waals surface area contributed by atoms with Crippen LogP contribution in [0.4, 0.5) is 19.0 Å². The molecule has 0 amide bonds. The zero-order valence-electron chi connectivity index (χ0n) is 11.9. The molecule has 6 nitrogen and oxygen atoms in total. The van der Waals surface area contributed by atoms with Gasteiger partial charge >= 0.3 is 6.18 Å². The van der Waals surface area contributed by atoms with Crippen LogP contribution < -0.4 is 5.73 Å². The normalized spacial score (nSPS) is 11.8. The Hall–Kier alpha value is -2.49. The molecule has 0 radical (unpaired) electrons. The van der Waals surface area contributed by atoms with Gasteiger partial charge < -0.3 is 5.73 Å². The van der Waals surface area contributed by atoms with E-state index >= 15 is 0 Å². The molecular formula is C13H11F3N6S. The van der Waals surface area contributed by atoms with Crippen molar-refractivity contribution in [2.75, 3.05) is 5.73 Å². The molecular weight excluding hydrogens is 329 g/mol. The molecule has 0 spiro atoms. The topological polar surface area (TPSA) is 82.5 Å². The van der Waals surface area contributed by atoms with Crippen molar-refractivity contribution in [1.29, 1.82) is 0 Å². The summed E-state index contributed by atoms with van der Waals surface area (Å²) in [5.74, 6) is 0.211. The van der Waals surface area contributed by atoms with Gasteiger partial charge in [-0.05, 0) is 6.92 Å². The lowest BCUT2D eigenvalue weighted by Crippen LogP contribution is -2.05. The van der Waals surface area contributed by atoms with Crippen molar-refractivity contribution in [3.63, 3.8) is 0 Å². The number of nitrogen functional groups attached to an aromatic ring is 1. The average Bonchev–Trinajstić information content (AvgIpc) is 3.15. The lowest BCUT2D eigenvalue weighted by molar-refractivity contribution is -0.140. The molecule has 3 aromatic rings. The van der Waals surface area contributed by atoms with Gasteiger partial charge in [0.15, 0.2) is 16.5 Å². The van der Waals surface area contributed by atoms with E-state index in [0.717, 1.165) is 16.7 Å². The zero-order valence-corrected chi connectivity index (χ0v) is 12.7. The second-order valence-electron chi connectivity index (χ2n) is 4.62. The SMILES string of the molecule is CCn1cc(-c2cc(N)nc(-c3nc(C(F)(F)F)cs3)n2)cn1. The third-order valence-corrected chi connectivity index (χ3v) is 3.82. The number of aryl methyl sites for hydroxylation is 1. The number of halogens is 3. The van der Waals surface area contributed by atoms with Crippen molar-refractivity contribution < 1.29 is 13.2 Å². The fourth-order valence-corrected chi connectivity index (χ4v) is 2.64. The molecule has 0 saturated carbocycles. The fraction of sp³-hybridized carbons (Fsp3) is 0.231. The maximum absolute atomic E-state index is 12.6. The predicted octanol–water partition coefficient (Wildman–Crippen LogP) is 3.08. The van der Waals surface area contributed by atoms with Crippen molar-refractivity contribution in [3.8, 4) is 22.1 Å². The summed E-state index contributed by atoms with van der Waals surface area (Å²) in [4.78, 5) is 11.8. The molecule has 3 heterocycles. The number of thiazole rings is 1. The summed E-state index contributed by atoms with van der Waals surface area (Å²) in [5.41, 5.74) is 5.96. The van der Waals surface area contributed by atoms with Crippen LogP contribution in [0.1, 0.15) is 12.6 Å². The minimum absolute atomic E-state index is 0.0600. The van der Waals surface area contributed by atoms with E-state index in [1.54, 1.807) is 23.1 Å². The lowest BCUT2D eigenvalue weighted by atomic mass is 10.2. The smallest absolute Gasteiger partial charge is 0.384 e. The van der Waals surface area contributed by atoms with Gasteiger partial charge in [0.2, 0.25) is 0 Å². The lowest BCUT2D eigenvalue weighted by Gasteiger charge is -2.03. The first-order chi connectivity index (χ1) is 10.9. The van der Waals surface area contributed by atoms with E-state index < -0.39 is 11.9 Å². The molecule has 120 valence electrons. The standard InChI is InChI=1S/C13H11F3N6S/c1-2-22-5-7(4-18-22)8-3-10(17)21-11(19-8)12-20-9(6-23-12)13(14,15)16/h3-6H,2H2,1H3,(H2,17,19,21). The molecule has 0 aliphatic heterocycles. The molecule has 0 atom stereocenters. The minimum Gasteiger partial charge on any atom is -0.384 e. The van der Waals surface area contributed by atoms with Gasteiger partial charge in [-0.15, -0.1) is 11.3 Å². The molecule has 0 saturated heterocycles. The second kappa shape index (κ2) is 5.61. The van der Waals surface area contributed by atoms with Crippen LogP contribution in [-0.2, 0) is 12.7 Å². The molecule has 0 aromatic carbocycles. The molecule has 3 rings (SSSR count). The number of nitrogens with zero attached hydrogens (tertiary/aromatic N) is 5. The van der Waals surface area contributed by atoms with Crippen molar-refractivity contribution in [1.82, 2.24) is 24.7 Å². The summed E-state index contributed by atoms with van der Waals surface area (Å²) >= 11 is 0.819. The summed E-state index contributed by atoms with van der Waals surface area (Å²) < 4.78 is 39.7. The van der Waals surface area contributed by atoms with Gasteiger partial charge in [-0.1, -0.05) is 0 Å². The quantitative estimate of drug-likeness (QED) is 0.792. The Morgan fingerprint density at radius 3 is 2.65 bits per heavy atom. The fourth-order valence-electron chi connectivity index (χ4n) is 1.88. The van der Waals surface area contributed by atoms with Crippen LogP contribution in [0.3, 0.4) is 0 Å². The van der Waals surface area contributed by atoms with Crippen molar-refractivity contribution in [3.05, 3.63) is 29.5 Å². The number of alkyl halides is 3. The Kier molecular flexibility index (Phi) is 3.76. The maximum Gasteiger partial charge on any atom is 0.434 e. The minimum atomic E-state index is -4.50. The monoisotopic (exact) mass is 340 g/mol. The van der Waals surface area contributed by atoms with E-state index in [0.29, 0.717) is 17.8 Å². The van der Waals surface area contributed by atoms with Crippen LogP contribution in [0.2, 0.25) is 0 Å². The Morgan fingerprint density at radius 1 is 1.26 bits per heavy atom. The Morgan fingerprint density at radius 2 is 2.04 bits per heavy atom. The summed E-state index contributed by atoms with van der Waals surface area (Å²) in [5, 5.41) is 5.12. The van der Waals surface area contributed by atoms with Crippen LogP contribution in [0.5, 0.6) is 0 Å².